The van der Waals surface area contributed by atoms with Gasteiger partial charge in [0.1, 0.15) is 22.6 Å². The van der Waals surface area contributed by atoms with E-state index >= 15 is 0 Å². The quantitative estimate of drug-likeness (QED) is 0.0484. The molecule has 16 nitrogen and oxygen atoms in total. The van der Waals surface area contributed by atoms with Gasteiger partial charge in [0.2, 0.25) is 0 Å². The van der Waals surface area contributed by atoms with Gasteiger partial charge < -0.3 is 40.6 Å². The zero-order valence-electron chi connectivity index (χ0n) is 41.7. The number of hydrogen-bond acceptors (Lipinski definition) is 12. The Morgan fingerprint density at radius 3 is 1.07 bits per heavy atom. The fraction of sp³-hybridized carbons (Fsp3) is 0.298. The van der Waals surface area contributed by atoms with Crippen LogP contribution in [0.1, 0.15) is 137 Å². The van der Waals surface area contributed by atoms with Crippen molar-refractivity contribution in [1.29, 1.82) is 0 Å². The lowest BCUT2D eigenvalue weighted by Crippen LogP contribution is -2.51. The second-order valence-corrected chi connectivity index (χ2v) is 18.0. The number of halogens is 2. The molecule has 4 amide bonds. The standard InChI is InChI=1S/C29H30FN3O5.C28H28FN3O5/c1-37-23-12-13-24(38-2)26(30)25(23)27(34)18-8-10-19(11-9-18)28(35)32-21-6-4-3-5-7-22(21)33-29(36)20-14-16-31-17-15-20;1-37-23-12-11-22(33)24(25(23)29)26(34)17-7-9-18(10-8-17)27(35)31-20-5-3-2-4-6-21(20)32-28(36)19-13-15-30-16-14-19/h8-17,21-22H,3-7H2,1-2H3,(H,32,35)(H,33,36);7-16,20-21,33H,2-6H2,1H3,(H,31,35)(H,32,36)/t21-,22-;20-,21-/m11/s1. The third-order valence-electron chi connectivity index (χ3n) is 13.3. The minimum Gasteiger partial charge on any atom is -0.507 e. The number of carbonyl (C=O) groups is 6. The summed E-state index contributed by atoms with van der Waals surface area (Å²) in [6.45, 7) is 0. The highest BCUT2D eigenvalue weighted by Crippen LogP contribution is 2.32. The molecule has 390 valence electrons. The SMILES string of the molecule is COc1ccc(O)c(C(=O)c2ccc(C(=O)N[C@@H]3CCCCC[C@H]3NC(=O)c3ccncc3)cc2)c1F.COc1ccc(OC)c(C(=O)c2ccc(C(=O)N[C@@H]3CCCCC[C@H]3NC(=O)c3ccncc3)cc2)c1F. The summed E-state index contributed by atoms with van der Waals surface area (Å²) in [7, 11) is 3.93. The van der Waals surface area contributed by atoms with Gasteiger partial charge in [-0.3, -0.25) is 38.7 Å². The first-order chi connectivity index (χ1) is 36.3. The minimum atomic E-state index is -0.956. The zero-order valence-corrected chi connectivity index (χ0v) is 41.7. The number of ether oxygens (including phenoxy) is 3. The second-order valence-electron chi connectivity index (χ2n) is 18.0. The average molecular weight is 1030 g/mol. The Morgan fingerprint density at radius 1 is 0.413 bits per heavy atom. The Bertz CT molecular complexity index is 2980. The highest BCUT2D eigenvalue weighted by Gasteiger charge is 2.30. The largest absolute Gasteiger partial charge is 0.507 e. The summed E-state index contributed by atoms with van der Waals surface area (Å²) in [5, 5.41) is 22.2. The molecule has 5 N–H and O–H groups in total. The number of amides is 4. The molecule has 8 rings (SSSR count). The van der Waals surface area contributed by atoms with E-state index in [1.807, 2.05) is 0 Å². The van der Waals surface area contributed by atoms with Crippen molar-refractivity contribution in [3.8, 4) is 23.0 Å². The van der Waals surface area contributed by atoms with Crippen molar-refractivity contribution in [2.24, 2.45) is 0 Å². The van der Waals surface area contributed by atoms with Gasteiger partial charge in [-0.1, -0.05) is 62.8 Å². The summed E-state index contributed by atoms with van der Waals surface area (Å²) >= 11 is 0. The van der Waals surface area contributed by atoms with Crippen LogP contribution >= 0.6 is 0 Å². The number of nitrogens with zero attached hydrogens (tertiary/aromatic N) is 2. The fourth-order valence-electron chi connectivity index (χ4n) is 9.15. The van der Waals surface area contributed by atoms with Gasteiger partial charge >= 0.3 is 0 Å². The number of phenolic OH excluding ortho intramolecular Hbond substituents is 1. The van der Waals surface area contributed by atoms with E-state index in [9.17, 15) is 42.7 Å². The molecule has 0 bridgehead atoms. The van der Waals surface area contributed by atoms with Crippen molar-refractivity contribution in [3.63, 3.8) is 0 Å². The average Bonchev–Trinajstić information content (AvgIpc) is 3.80. The molecule has 4 aromatic carbocycles. The van der Waals surface area contributed by atoms with E-state index in [2.05, 4.69) is 31.2 Å². The maximum absolute atomic E-state index is 14.9. The zero-order chi connectivity index (χ0) is 53.4. The minimum absolute atomic E-state index is 0.0703. The van der Waals surface area contributed by atoms with Crippen LogP contribution < -0.4 is 35.5 Å². The second kappa shape index (κ2) is 25.9. The predicted octanol–water partition coefficient (Wildman–Crippen LogP) is 8.36. The maximum Gasteiger partial charge on any atom is 0.251 e. The Labute approximate surface area is 432 Å². The van der Waals surface area contributed by atoms with Gasteiger partial charge in [-0.05, 0) is 98.5 Å². The molecule has 2 aromatic heterocycles. The molecule has 2 heterocycles. The summed E-state index contributed by atoms with van der Waals surface area (Å²) in [6, 6.07) is 22.7. The number of phenols is 1. The Morgan fingerprint density at radius 2 is 0.707 bits per heavy atom. The van der Waals surface area contributed by atoms with E-state index in [0.717, 1.165) is 64.2 Å². The molecule has 2 fully saturated rings. The molecule has 0 aliphatic heterocycles. The van der Waals surface area contributed by atoms with Crippen molar-refractivity contribution < 1.29 is 56.9 Å². The summed E-state index contributed by atoms with van der Waals surface area (Å²) in [4.78, 5) is 85.4. The maximum atomic E-state index is 14.9. The summed E-state index contributed by atoms with van der Waals surface area (Å²) in [5.41, 5.74) is 1.25. The summed E-state index contributed by atoms with van der Waals surface area (Å²) in [6.07, 6.45) is 15.0. The van der Waals surface area contributed by atoms with Crippen molar-refractivity contribution in [3.05, 3.63) is 178 Å². The molecular formula is C57H58F2N6O10. The Kier molecular flexibility index (Phi) is 18.7. The first kappa shape index (κ1) is 54.2. The van der Waals surface area contributed by atoms with Crippen LogP contribution in [-0.2, 0) is 0 Å². The van der Waals surface area contributed by atoms with Crippen LogP contribution in [0.4, 0.5) is 8.78 Å². The van der Waals surface area contributed by atoms with Gasteiger partial charge in [-0.15, -0.1) is 0 Å². The van der Waals surface area contributed by atoms with Gasteiger partial charge in [-0.2, -0.15) is 0 Å². The van der Waals surface area contributed by atoms with Crippen molar-refractivity contribution in [2.45, 2.75) is 88.4 Å². The molecule has 0 spiro atoms. The number of methoxy groups -OCH3 is 3. The molecule has 75 heavy (non-hydrogen) atoms. The lowest BCUT2D eigenvalue weighted by molar-refractivity contribution is 0.0879. The molecule has 0 unspecified atom stereocenters. The highest BCUT2D eigenvalue weighted by atomic mass is 19.1. The van der Waals surface area contributed by atoms with E-state index in [1.54, 1.807) is 49.1 Å². The van der Waals surface area contributed by atoms with Crippen LogP contribution in [0.5, 0.6) is 23.0 Å². The number of aromatic nitrogens is 2. The molecule has 0 radical (unpaired) electrons. The normalized spacial score (nSPS) is 17.2. The van der Waals surface area contributed by atoms with Crippen molar-refractivity contribution in [1.82, 2.24) is 31.2 Å². The Hall–Kier alpha value is -8.54. The smallest absolute Gasteiger partial charge is 0.251 e. The molecular weight excluding hydrogens is 967 g/mol. The molecule has 2 aliphatic carbocycles. The lowest BCUT2D eigenvalue weighted by atomic mass is 9.99. The van der Waals surface area contributed by atoms with Crippen molar-refractivity contribution in [2.75, 3.05) is 21.3 Å². The number of nitrogens with one attached hydrogen (secondary N) is 4. The van der Waals surface area contributed by atoms with Gasteiger partial charge in [0.15, 0.2) is 34.7 Å². The predicted molar refractivity (Wildman–Crippen MR) is 274 cm³/mol. The fourth-order valence-corrected chi connectivity index (χ4v) is 9.15. The van der Waals surface area contributed by atoms with E-state index in [1.165, 1.54) is 94.1 Å². The lowest BCUT2D eigenvalue weighted by Gasteiger charge is -2.27. The summed E-state index contributed by atoms with van der Waals surface area (Å²) in [5.74, 6) is -4.82. The van der Waals surface area contributed by atoms with Gasteiger partial charge in [0.05, 0.1) is 21.3 Å². The first-order valence-corrected chi connectivity index (χ1v) is 24.6. The third-order valence-corrected chi connectivity index (χ3v) is 13.3. The number of carbonyl (C=O) groups excluding carboxylic acids is 6. The number of pyridine rings is 2. The molecule has 18 heteroatoms. The van der Waals surface area contributed by atoms with Crippen molar-refractivity contribution >= 4 is 35.2 Å². The first-order valence-electron chi connectivity index (χ1n) is 24.6. The Balaban J connectivity index is 0.000000219. The van der Waals surface area contributed by atoms with Crippen LogP contribution in [0.2, 0.25) is 0 Å². The molecule has 2 aliphatic rings. The van der Waals surface area contributed by atoms with E-state index in [-0.39, 0.29) is 81.7 Å². The number of benzene rings is 4. The van der Waals surface area contributed by atoms with Crippen LogP contribution in [0.3, 0.4) is 0 Å². The topological polar surface area (TPSA) is 224 Å². The van der Waals surface area contributed by atoms with Crippen LogP contribution in [-0.4, -0.2) is 95.8 Å². The summed E-state index contributed by atoms with van der Waals surface area (Å²) < 4.78 is 44.5. The number of rotatable bonds is 15. The molecule has 6 aromatic rings. The monoisotopic (exact) mass is 1020 g/mol. The van der Waals surface area contributed by atoms with E-state index in [0.29, 0.717) is 22.3 Å². The van der Waals surface area contributed by atoms with Crippen LogP contribution in [0.15, 0.2) is 122 Å². The molecule has 0 saturated heterocycles. The highest BCUT2D eigenvalue weighted by molar-refractivity contribution is 6.12. The van der Waals surface area contributed by atoms with Gasteiger partial charge in [0.25, 0.3) is 23.6 Å². The van der Waals surface area contributed by atoms with Gasteiger partial charge in [0, 0.05) is 82.3 Å². The number of aromatic hydroxyl groups is 1. The van der Waals surface area contributed by atoms with Crippen LogP contribution in [0, 0.1) is 11.6 Å². The van der Waals surface area contributed by atoms with Gasteiger partial charge in [-0.25, -0.2) is 8.78 Å². The molecule has 4 atom stereocenters. The molecule has 2 saturated carbocycles. The van der Waals surface area contributed by atoms with Crippen LogP contribution in [0.25, 0.3) is 0 Å². The van der Waals surface area contributed by atoms with E-state index in [4.69, 9.17) is 14.2 Å². The number of hydrogen-bond donors (Lipinski definition) is 5. The van der Waals surface area contributed by atoms with E-state index < -0.39 is 34.5 Å². The third kappa shape index (κ3) is 13.6. The number of ketones is 2.